The topological polar surface area (TPSA) is 39.2 Å². The van der Waals surface area contributed by atoms with Gasteiger partial charge in [-0.3, -0.25) is 0 Å². The minimum absolute atomic E-state index is 0.137. The number of rotatable bonds is 3. The number of hydrogen-bond acceptors (Lipinski definition) is 2. The molecule has 0 aliphatic heterocycles. The predicted octanol–water partition coefficient (Wildman–Crippen LogP) is 2.86. The molecule has 0 atom stereocenters. The first-order valence-corrected chi connectivity index (χ1v) is 5.51. The lowest BCUT2D eigenvalue weighted by Gasteiger charge is -2.06. The molecule has 0 saturated heterocycles. The molecule has 0 amide bonds. The number of nitrogens with two attached hydrogens (primary N) is 1. The van der Waals surface area contributed by atoms with Crippen LogP contribution in [0.15, 0.2) is 34.9 Å². The minimum Gasteiger partial charge on any atom is -0.464 e. The first kappa shape index (κ1) is 8.98. The van der Waals surface area contributed by atoms with Gasteiger partial charge in [0, 0.05) is 10.9 Å². The minimum atomic E-state index is 0.137. The summed E-state index contributed by atoms with van der Waals surface area (Å²) in [4.78, 5) is 0. The lowest BCUT2D eigenvalue weighted by molar-refractivity contribution is 0.588. The standard InChI is InChI=1S/C13H15NO/c14-13(7-8-13)6-5-10-9-15-12-4-2-1-3-11(10)12/h1-4,9H,5-8,14H2. The van der Waals surface area contributed by atoms with Gasteiger partial charge in [0.05, 0.1) is 6.26 Å². The van der Waals surface area contributed by atoms with E-state index in [-0.39, 0.29) is 5.54 Å². The summed E-state index contributed by atoms with van der Waals surface area (Å²) < 4.78 is 5.49. The summed E-state index contributed by atoms with van der Waals surface area (Å²) >= 11 is 0. The number of fused-ring (bicyclic) bond motifs is 1. The van der Waals surface area contributed by atoms with Gasteiger partial charge in [-0.2, -0.15) is 0 Å². The summed E-state index contributed by atoms with van der Waals surface area (Å²) in [5.74, 6) is 0. The van der Waals surface area contributed by atoms with E-state index in [0.29, 0.717) is 0 Å². The highest BCUT2D eigenvalue weighted by Gasteiger charge is 2.37. The molecular formula is C13H15NO. The van der Waals surface area contributed by atoms with Gasteiger partial charge in [0.15, 0.2) is 0 Å². The van der Waals surface area contributed by atoms with E-state index in [2.05, 4.69) is 12.1 Å². The van der Waals surface area contributed by atoms with Crippen LogP contribution >= 0.6 is 0 Å². The second kappa shape index (κ2) is 3.11. The van der Waals surface area contributed by atoms with Crippen LogP contribution in [0.1, 0.15) is 24.8 Å². The van der Waals surface area contributed by atoms with Gasteiger partial charge in [-0.25, -0.2) is 0 Å². The zero-order chi connectivity index (χ0) is 10.3. The zero-order valence-electron chi connectivity index (χ0n) is 8.70. The van der Waals surface area contributed by atoms with E-state index in [9.17, 15) is 0 Å². The number of furan rings is 1. The first-order chi connectivity index (χ1) is 7.27. The summed E-state index contributed by atoms with van der Waals surface area (Å²) in [6, 6.07) is 8.18. The van der Waals surface area contributed by atoms with E-state index in [0.717, 1.165) is 18.4 Å². The van der Waals surface area contributed by atoms with Crippen molar-refractivity contribution < 1.29 is 4.42 Å². The van der Waals surface area contributed by atoms with Gasteiger partial charge in [-0.05, 0) is 37.3 Å². The highest BCUT2D eigenvalue weighted by atomic mass is 16.3. The van der Waals surface area contributed by atoms with Gasteiger partial charge in [0.1, 0.15) is 5.58 Å². The summed E-state index contributed by atoms with van der Waals surface area (Å²) in [6.07, 6.45) is 6.35. The third-order valence-electron chi connectivity index (χ3n) is 3.35. The molecule has 2 N–H and O–H groups in total. The zero-order valence-corrected chi connectivity index (χ0v) is 8.70. The van der Waals surface area contributed by atoms with Crippen LogP contribution < -0.4 is 5.73 Å². The molecule has 15 heavy (non-hydrogen) atoms. The molecule has 1 fully saturated rings. The summed E-state index contributed by atoms with van der Waals surface area (Å²) in [6.45, 7) is 0. The maximum atomic E-state index is 6.08. The lowest BCUT2D eigenvalue weighted by Crippen LogP contribution is -2.21. The van der Waals surface area contributed by atoms with E-state index in [4.69, 9.17) is 10.2 Å². The Kier molecular flexibility index (Phi) is 1.86. The van der Waals surface area contributed by atoms with Crippen molar-refractivity contribution in [2.75, 3.05) is 0 Å². The molecule has 1 heterocycles. The molecule has 0 unspecified atom stereocenters. The third-order valence-corrected chi connectivity index (χ3v) is 3.35. The Morgan fingerprint density at radius 1 is 1.27 bits per heavy atom. The van der Waals surface area contributed by atoms with Gasteiger partial charge >= 0.3 is 0 Å². The van der Waals surface area contributed by atoms with Gasteiger partial charge < -0.3 is 10.2 Å². The molecule has 0 spiro atoms. The molecule has 78 valence electrons. The van der Waals surface area contributed by atoms with Gasteiger partial charge in [-0.1, -0.05) is 18.2 Å². The van der Waals surface area contributed by atoms with Crippen LogP contribution in [0.25, 0.3) is 11.0 Å². The van der Waals surface area contributed by atoms with Crippen molar-refractivity contribution in [2.45, 2.75) is 31.2 Å². The van der Waals surface area contributed by atoms with Gasteiger partial charge in [0.2, 0.25) is 0 Å². The molecule has 1 aliphatic carbocycles. The second-order valence-corrected chi connectivity index (χ2v) is 4.62. The van der Waals surface area contributed by atoms with Crippen molar-refractivity contribution in [1.82, 2.24) is 0 Å². The average molecular weight is 201 g/mol. The molecular weight excluding hydrogens is 186 g/mol. The van der Waals surface area contributed by atoms with E-state index in [1.807, 2.05) is 18.4 Å². The largest absolute Gasteiger partial charge is 0.464 e. The maximum absolute atomic E-state index is 6.08. The number of benzene rings is 1. The molecule has 0 bridgehead atoms. The van der Waals surface area contributed by atoms with Crippen molar-refractivity contribution in [2.24, 2.45) is 5.73 Å². The highest BCUT2D eigenvalue weighted by Crippen LogP contribution is 2.37. The smallest absolute Gasteiger partial charge is 0.134 e. The Bertz CT molecular complexity index is 482. The first-order valence-electron chi connectivity index (χ1n) is 5.51. The molecule has 1 aromatic carbocycles. The van der Waals surface area contributed by atoms with Crippen molar-refractivity contribution in [3.05, 3.63) is 36.1 Å². The number of hydrogen-bond donors (Lipinski definition) is 1. The van der Waals surface area contributed by atoms with Crippen LogP contribution in [0.4, 0.5) is 0 Å². The second-order valence-electron chi connectivity index (χ2n) is 4.62. The highest BCUT2D eigenvalue weighted by molar-refractivity contribution is 5.80. The van der Waals surface area contributed by atoms with E-state index in [1.54, 1.807) is 0 Å². The Morgan fingerprint density at radius 2 is 2.07 bits per heavy atom. The fraction of sp³-hybridized carbons (Fsp3) is 0.385. The van der Waals surface area contributed by atoms with Crippen LogP contribution in [-0.2, 0) is 6.42 Å². The summed E-state index contributed by atoms with van der Waals surface area (Å²) in [5, 5.41) is 1.24. The van der Waals surface area contributed by atoms with E-state index in [1.165, 1.54) is 23.8 Å². The average Bonchev–Trinajstić information content (AvgIpc) is 2.86. The SMILES string of the molecule is NC1(CCc2coc3ccccc23)CC1. The van der Waals surface area contributed by atoms with Crippen molar-refractivity contribution >= 4 is 11.0 Å². The Morgan fingerprint density at radius 3 is 2.87 bits per heavy atom. The van der Waals surface area contributed by atoms with Crippen LogP contribution in [-0.4, -0.2) is 5.54 Å². The van der Waals surface area contributed by atoms with Gasteiger partial charge in [-0.15, -0.1) is 0 Å². The van der Waals surface area contributed by atoms with Crippen molar-refractivity contribution in [1.29, 1.82) is 0 Å². The Labute approximate surface area is 89.1 Å². The molecule has 2 aromatic rings. The third kappa shape index (κ3) is 1.65. The van der Waals surface area contributed by atoms with Crippen molar-refractivity contribution in [3.63, 3.8) is 0 Å². The number of para-hydroxylation sites is 1. The van der Waals surface area contributed by atoms with E-state index >= 15 is 0 Å². The van der Waals surface area contributed by atoms with E-state index < -0.39 is 0 Å². The quantitative estimate of drug-likeness (QED) is 0.829. The van der Waals surface area contributed by atoms with Crippen LogP contribution in [0.5, 0.6) is 0 Å². The molecule has 1 aliphatic rings. The van der Waals surface area contributed by atoms with Crippen molar-refractivity contribution in [3.8, 4) is 0 Å². The Hall–Kier alpha value is -1.28. The lowest BCUT2D eigenvalue weighted by atomic mass is 10.0. The summed E-state index contributed by atoms with van der Waals surface area (Å²) in [7, 11) is 0. The fourth-order valence-corrected chi connectivity index (χ4v) is 2.02. The maximum Gasteiger partial charge on any atom is 0.134 e. The predicted molar refractivity (Wildman–Crippen MR) is 60.7 cm³/mol. The fourth-order valence-electron chi connectivity index (χ4n) is 2.02. The van der Waals surface area contributed by atoms with Crippen LogP contribution in [0, 0.1) is 0 Å². The molecule has 1 aromatic heterocycles. The normalized spacial score (nSPS) is 18.2. The van der Waals surface area contributed by atoms with Crippen LogP contribution in [0.2, 0.25) is 0 Å². The molecule has 2 nitrogen and oxygen atoms in total. The molecule has 2 heteroatoms. The monoisotopic (exact) mass is 201 g/mol. The summed E-state index contributed by atoms with van der Waals surface area (Å²) in [5.41, 5.74) is 8.49. The molecule has 0 radical (unpaired) electrons. The van der Waals surface area contributed by atoms with Crippen LogP contribution in [0.3, 0.4) is 0 Å². The molecule has 3 rings (SSSR count). The molecule has 1 saturated carbocycles. The number of aryl methyl sites for hydroxylation is 1. The Balaban J connectivity index is 1.84. The van der Waals surface area contributed by atoms with Gasteiger partial charge in [0.25, 0.3) is 0 Å².